The third-order valence-corrected chi connectivity index (χ3v) is 2.82. The van der Waals surface area contributed by atoms with Crippen molar-refractivity contribution >= 4 is 5.82 Å². The van der Waals surface area contributed by atoms with E-state index in [1.807, 2.05) is 0 Å². The molecule has 0 aliphatic rings. The quantitative estimate of drug-likeness (QED) is 0.787. The van der Waals surface area contributed by atoms with Gasteiger partial charge in [0, 0.05) is 25.8 Å². The van der Waals surface area contributed by atoms with Gasteiger partial charge in [-0.1, -0.05) is 20.8 Å². The number of aromatic nitrogens is 1. The lowest BCUT2D eigenvalue weighted by molar-refractivity contribution is 0.722. The van der Waals surface area contributed by atoms with Crippen molar-refractivity contribution in [1.82, 2.24) is 10.3 Å². The molecule has 0 fully saturated rings. The van der Waals surface area contributed by atoms with Gasteiger partial charge in [-0.2, -0.15) is 0 Å². The zero-order valence-electron chi connectivity index (χ0n) is 11.6. The number of nitrogens with zero attached hydrogens (tertiary/aromatic N) is 2. The summed E-state index contributed by atoms with van der Waals surface area (Å²) >= 11 is 0. The van der Waals surface area contributed by atoms with Gasteiger partial charge in [-0.25, -0.2) is 4.98 Å². The van der Waals surface area contributed by atoms with E-state index >= 15 is 0 Å². The zero-order chi connectivity index (χ0) is 12.7. The Labute approximate surface area is 105 Å². The Kier molecular flexibility index (Phi) is 5.98. The van der Waals surface area contributed by atoms with Crippen LogP contribution in [-0.4, -0.2) is 25.1 Å². The van der Waals surface area contributed by atoms with Gasteiger partial charge in [0.15, 0.2) is 0 Å². The summed E-state index contributed by atoms with van der Waals surface area (Å²) in [7, 11) is 2.11. The van der Waals surface area contributed by atoms with E-state index in [-0.39, 0.29) is 0 Å². The number of rotatable bonds is 7. The SMILES string of the molecule is CCCN(C)c1cc(CNCC)cc(CC)n1. The second-order valence-electron chi connectivity index (χ2n) is 4.38. The lowest BCUT2D eigenvalue weighted by Crippen LogP contribution is -2.20. The lowest BCUT2D eigenvalue weighted by Gasteiger charge is -2.19. The molecule has 1 rings (SSSR count). The Morgan fingerprint density at radius 1 is 1.24 bits per heavy atom. The van der Waals surface area contributed by atoms with Crippen LogP contribution in [0.4, 0.5) is 5.82 Å². The van der Waals surface area contributed by atoms with Crippen LogP contribution in [-0.2, 0) is 13.0 Å². The molecule has 0 aromatic carbocycles. The standard InChI is InChI=1S/C14H25N3/c1-5-8-17(4)14-10-12(11-15-7-3)9-13(6-2)16-14/h9-10,15H,5-8,11H2,1-4H3. The highest BCUT2D eigenvalue weighted by Crippen LogP contribution is 2.15. The van der Waals surface area contributed by atoms with Gasteiger partial charge in [0.25, 0.3) is 0 Å². The van der Waals surface area contributed by atoms with E-state index < -0.39 is 0 Å². The maximum Gasteiger partial charge on any atom is 0.128 e. The third-order valence-electron chi connectivity index (χ3n) is 2.82. The van der Waals surface area contributed by atoms with Gasteiger partial charge < -0.3 is 10.2 Å². The minimum Gasteiger partial charge on any atom is -0.360 e. The van der Waals surface area contributed by atoms with Crippen molar-refractivity contribution in [3.63, 3.8) is 0 Å². The lowest BCUT2D eigenvalue weighted by atomic mass is 10.2. The molecule has 96 valence electrons. The van der Waals surface area contributed by atoms with Gasteiger partial charge in [-0.05, 0) is 37.1 Å². The third kappa shape index (κ3) is 4.35. The second-order valence-corrected chi connectivity index (χ2v) is 4.38. The smallest absolute Gasteiger partial charge is 0.128 e. The molecular weight excluding hydrogens is 210 g/mol. The number of pyridine rings is 1. The van der Waals surface area contributed by atoms with Crippen molar-refractivity contribution < 1.29 is 0 Å². The first-order chi connectivity index (χ1) is 8.21. The molecular formula is C14H25N3. The van der Waals surface area contributed by atoms with Crippen LogP contribution in [0.1, 0.15) is 38.4 Å². The molecule has 0 spiro atoms. The fraction of sp³-hybridized carbons (Fsp3) is 0.643. The first kappa shape index (κ1) is 14.0. The molecule has 0 bridgehead atoms. The minimum atomic E-state index is 0.930. The highest BCUT2D eigenvalue weighted by Gasteiger charge is 2.05. The summed E-state index contributed by atoms with van der Waals surface area (Å²) in [6, 6.07) is 4.39. The molecule has 1 aromatic heterocycles. The molecule has 0 unspecified atom stereocenters. The zero-order valence-corrected chi connectivity index (χ0v) is 11.6. The van der Waals surface area contributed by atoms with Gasteiger partial charge in [-0.3, -0.25) is 0 Å². The predicted molar refractivity (Wildman–Crippen MR) is 74.6 cm³/mol. The molecule has 17 heavy (non-hydrogen) atoms. The van der Waals surface area contributed by atoms with Crippen LogP contribution in [0.5, 0.6) is 0 Å². The second kappa shape index (κ2) is 7.28. The summed E-state index contributed by atoms with van der Waals surface area (Å²) in [5.41, 5.74) is 2.51. The maximum atomic E-state index is 4.68. The van der Waals surface area contributed by atoms with Gasteiger partial charge in [-0.15, -0.1) is 0 Å². The van der Waals surface area contributed by atoms with Crippen LogP contribution in [0, 0.1) is 0 Å². The summed E-state index contributed by atoms with van der Waals surface area (Å²) in [4.78, 5) is 6.91. The van der Waals surface area contributed by atoms with Crippen molar-refractivity contribution in [2.45, 2.75) is 40.2 Å². The predicted octanol–water partition coefficient (Wildman–Crippen LogP) is 2.60. The van der Waals surface area contributed by atoms with E-state index in [9.17, 15) is 0 Å². The first-order valence-corrected chi connectivity index (χ1v) is 6.62. The normalized spacial score (nSPS) is 10.6. The highest BCUT2D eigenvalue weighted by molar-refractivity contribution is 5.42. The molecule has 0 atom stereocenters. The van der Waals surface area contributed by atoms with Crippen molar-refractivity contribution in [3.05, 3.63) is 23.4 Å². The van der Waals surface area contributed by atoms with Gasteiger partial charge in [0.2, 0.25) is 0 Å². The molecule has 0 saturated carbocycles. The fourth-order valence-corrected chi connectivity index (χ4v) is 1.83. The molecule has 0 radical (unpaired) electrons. The summed E-state index contributed by atoms with van der Waals surface area (Å²) in [6.45, 7) is 9.47. The van der Waals surface area contributed by atoms with Crippen LogP contribution >= 0.6 is 0 Å². The Hall–Kier alpha value is -1.09. The van der Waals surface area contributed by atoms with Gasteiger partial charge in [0.05, 0.1) is 0 Å². The Morgan fingerprint density at radius 2 is 2.00 bits per heavy atom. The maximum absolute atomic E-state index is 4.68. The van der Waals surface area contributed by atoms with Crippen LogP contribution in [0.3, 0.4) is 0 Å². The van der Waals surface area contributed by atoms with E-state index in [0.717, 1.165) is 38.3 Å². The van der Waals surface area contributed by atoms with E-state index in [0.29, 0.717) is 0 Å². The Balaban J connectivity index is 2.88. The molecule has 1 aromatic rings. The minimum absolute atomic E-state index is 0.930. The fourth-order valence-electron chi connectivity index (χ4n) is 1.83. The number of nitrogens with one attached hydrogen (secondary N) is 1. The van der Waals surface area contributed by atoms with E-state index in [4.69, 9.17) is 0 Å². The number of aryl methyl sites for hydroxylation is 1. The van der Waals surface area contributed by atoms with Gasteiger partial charge >= 0.3 is 0 Å². The van der Waals surface area contributed by atoms with E-state index in [1.165, 1.54) is 11.3 Å². The summed E-state index contributed by atoms with van der Waals surface area (Å²) in [6.07, 6.45) is 2.14. The van der Waals surface area contributed by atoms with Crippen molar-refractivity contribution in [1.29, 1.82) is 0 Å². The summed E-state index contributed by atoms with van der Waals surface area (Å²) in [5, 5.41) is 3.37. The van der Waals surface area contributed by atoms with E-state index in [2.05, 4.69) is 55.2 Å². The topological polar surface area (TPSA) is 28.2 Å². The van der Waals surface area contributed by atoms with Crippen molar-refractivity contribution in [2.75, 3.05) is 25.0 Å². The molecule has 0 amide bonds. The van der Waals surface area contributed by atoms with Gasteiger partial charge in [0.1, 0.15) is 5.82 Å². The largest absolute Gasteiger partial charge is 0.360 e. The van der Waals surface area contributed by atoms with E-state index in [1.54, 1.807) is 0 Å². The molecule has 3 nitrogen and oxygen atoms in total. The average Bonchev–Trinajstić information content (AvgIpc) is 2.36. The Bertz CT molecular complexity index is 336. The van der Waals surface area contributed by atoms with Crippen LogP contribution in [0.2, 0.25) is 0 Å². The van der Waals surface area contributed by atoms with Crippen LogP contribution in [0.15, 0.2) is 12.1 Å². The summed E-state index contributed by atoms with van der Waals surface area (Å²) < 4.78 is 0. The van der Waals surface area contributed by atoms with Crippen molar-refractivity contribution in [2.24, 2.45) is 0 Å². The molecule has 1 N–H and O–H groups in total. The monoisotopic (exact) mass is 235 g/mol. The highest BCUT2D eigenvalue weighted by atomic mass is 15.2. The molecule has 3 heteroatoms. The molecule has 0 aliphatic heterocycles. The number of hydrogen-bond donors (Lipinski definition) is 1. The van der Waals surface area contributed by atoms with Crippen LogP contribution in [0.25, 0.3) is 0 Å². The van der Waals surface area contributed by atoms with Crippen molar-refractivity contribution in [3.8, 4) is 0 Å². The molecule has 0 aliphatic carbocycles. The average molecular weight is 235 g/mol. The Morgan fingerprint density at radius 3 is 2.59 bits per heavy atom. The molecule has 0 saturated heterocycles. The summed E-state index contributed by atoms with van der Waals surface area (Å²) in [5.74, 6) is 1.10. The number of anilines is 1. The van der Waals surface area contributed by atoms with Crippen LogP contribution < -0.4 is 10.2 Å². The number of hydrogen-bond acceptors (Lipinski definition) is 3. The first-order valence-electron chi connectivity index (χ1n) is 6.62. The molecule has 1 heterocycles.